The van der Waals surface area contributed by atoms with Crippen molar-refractivity contribution in [1.82, 2.24) is 24.4 Å². The minimum absolute atomic E-state index is 0.200. The molecule has 17 heteroatoms. The number of halogens is 4. The van der Waals surface area contributed by atoms with E-state index < -0.39 is 11.4 Å². The molecule has 0 saturated heterocycles. The van der Waals surface area contributed by atoms with Crippen LogP contribution in [0.25, 0.3) is 21.8 Å². The maximum Gasteiger partial charge on any atom is 0.328 e. The summed E-state index contributed by atoms with van der Waals surface area (Å²) in [5.74, 6) is 2.02. The van der Waals surface area contributed by atoms with Crippen LogP contribution in [-0.2, 0) is 25.9 Å². The number of nitrogens with one attached hydrogen (secondary N) is 4. The first-order chi connectivity index (χ1) is 29.0. The molecule has 3 aliphatic rings. The monoisotopic (exact) mass is 935 g/mol. The second kappa shape index (κ2) is 18.4. The highest BCUT2D eigenvalue weighted by Crippen LogP contribution is 2.61. The minimum atomic E-state index is -0.494. The molecular formula is C44H41Cl4N7O4S2. The van der Waals surface area contributed by atoms with Gasteiger partial charge in [0.15, 0.2) is 5.11 Å². The zero-order valence-corrected chi connectivity index (χ0v) is 37.9. The molecule has 3 saturated carbocycles. The van der Waals surface area contributed by atoms with Gasteiger partial charge in [0.1, 0.15) is 0 Å². The SMILES string of the molecule is C[C@@H]1[C@@H](NC(=S)Nc2ccc3c(=O)n(CCc4ccc(Cl)cc4Cl)c(=O)[nH]c3c2)C[C@H]2C[C@@H]1C2(C)C.O=c1[nH]c2cc(N=C=S)ccc2c(=O)n1CCc1ccc(Cl)cc1Cl. The molecule has 0 aliphatic heterocycles. The number of aromatic amines is 2. The highest BCUT2D eigenvalue weighted by Gasteiger charge is 2.56. The molecule has 2 heterocycles. The lowest BCUT2D eigenvalue weighted by Crippen LogP contribution is -2.61. The molecule has 2 aromatic heterocycles. The fourth-order valence-electron chi connectivity index (χ4n) is 8.69. The molecule has 0 radical (unpaired) electrons. The highest BCUT2D eigenvalue weighted by molar-refractivity contribution is 7.80. The van der Waals surface area contributed by atoms with E-state index >= 15 is 0 Å². The van der Waals surface area contributed by atoms with Crippen molar-refractivity contribution in [2.45, 2.75) is 65.6 Å². The van der Waals surface area contributed by atoms with Crippen molar-refractivity contribution >= 4 is 114 Å². The molecule has 9 rings (SSSR count). The summed E-state index contributed by atoms with van der Waals surface area (Å²) in [6.45, 7) is 7.48. The Hall–Kier alpha value is -4.59. The maximum atomic E-state index is 13.1. The fraction of sp³-hybridized carbons (Fsp3) is 0.318. The lowest BCUT2D eigenvalue weighted by molar-refractivity contribution is -0.111. The van der Waals surface area contributed by atoms with Crippen LogP contribution in [0.3, 0.4) is 0 Å². The molecule has 4 atom stereocenters. The van der Waals surface area contributed by atoms with Gasteiger partial charge in [-0.15, -0.1) is 0 Å². The Bertz CT molecular complexity index is 2990. The van der Waals surface area contributed by atoms with Crippen molar-refractivity contribution in [3.63, 3.8) is 0 Å². The summed E-state index contributed by atoms with van der Waals surface area (Å²) < 4.78 is 2.35. The number of hydrogen-bond acceptors (Lipinski definition) is 7. The lowest BCUT2D eigenvalue weighted by atomic mass is 9.45. The summed E-state index contributed by atoms with van der Waals surface area (Å²) in [5.41, 5.74) is 2.48. The first-order valence-corrected chi connectivity index (χ1v) is 21.9. The summed E-state index contributed by atoms with van der Waals surface area (Å²) in [6, 6.07) is 20.8. The number of nitrogens with zero attached hydrogens (tertiary/aromatic N) is 3. The van der Waals surface area contributed by atoms with Crippen molar-refractivity contribution in [1.29, 1.82) is 0 Å². The Balaban J connectivity index is 0.000000197. The summed E-state index contributed by atoms with van der Waals surface area (Å²) in [4.78, 5) is 60.0. The second-order valence-electron chi connectivity index (χ2n) is 16.1. The molecule has 0 unspecified atom stereocenters. The Kier molecular flexibility index (Phi) is 13.4. The van der Waals surface area contributed by atoms with E-state index in [-0.39, 0.29) is 24.2 Å². The predicted molar refractivity (Wildman–Crippen MR) is 255 cm³/mol. The van der Waals surface area contributed by atoms with Crippen molar-refractivity contribution in [3.8, 4) is 0 Å². The van der Waals surface area contributed by atoms with Crippen LogP contribution in [0.5, 0.6) is 0 Å². The van der Waals surface area contributed by atoms with E-state index in [2.05, 4.69) is 63.7 Å². The van der Waals surface area contributed by atoms with E-state index in [1.807, 2.05) is 0 Å². The van der Waals surface area contributed by atoms with Gasteiger partial charge in [-0.25, -0.2) is 9.59 Å². The van der Waals surface area contributed by atoms with Gasteiger partial charge in [-0.1, -0.05) is 79.3 Å². The second-order valence-corrected chi connectivity index (χ2v) is 18.4. The van der Waals surface area contributed by atoms with Gasteiger partial charge in [-0.2, -0.15) is 4.99 Å². The van der Waals surface area contributed by atoms with Crippen LogP contribution in [0.1, 0.15) is 44.7 Å². The van der Waals surface area contributed by atoms with Crippen LogP contribution in [-0.4, -0.2) is 35.4 Å². The van der Waals surface area contributed by atoms with E-state index in [9.17, 15) is 19.2 Å². The van der Waals surface area contributed by atoms with Crippen LogP contribution >= 0.6 is 70.8 Å². The summed E-state index contributed by atoms with van der Waals surface area (Å²) in [7, 11) is 0. The Morgan fingerprint density at radius 2 is 1.33 bits per heavy atom. The molecule has 61 heavy (non-hydrogen) atoms. The van der Waals surface area contributed by atoms with Gasteiger partial charge < -0.3 is 20.6 Å². The molecule has 316 valence electrons. The third-order valence-electron chi connectivity index (χ3n) is 12.3. The average Bonchev–Trinajstić information content (AvgIpc) is 3.19. The number of benzene rings is 4. The van der Waals surface area contributed by atoms with Crippen molar-refractivity contribution in [2.24, 2.45) is 28.2 Å². The number of anilines is 1. The quantitative estimate of drug-likeness (QED) is 0.0829. The Labute approximate surface area is 381 Å². The summed E-state index contributed by atoms with van der Waals surface area (Å²) >= 11 is 34.4. The summed E-state index contributed by atoms with van der Waals surface area (Å²) in [6.07, 6.45) is 3.30. The Morgan fingerprint density at radius 1 is 0.787 bits per heavy atom. The molecule has 3 fully saturated rings. The van der Waals surface area contributed by atoms with Gasteiger partial charge in [0, 0.05) is 44.9 Å². The zero-order chi connectivity index (χ0) is 43.7. The molecule has 4 N–H and O–H groups in total. The molecule has 2 bridgehead atoms. The summed E-state index contributed by atoms with van der Waals surface area (Å²) in [5, 5.41) is 12.4. The van der Waals surface area contributed by atoms with E-state index in [1.54, 1.807) is 72.8 Å². The van der Waals surface area contributed by atoms with E-state index in [4.69, 9.17) is 58.6 Å². The van der Waals surface area contributed by atoms with Gasteiger partial charge in [0.2, 0.25) is 0 Å². The van der Waals surface area contributed by atoms with Crippen LogP contribution in [0.2, 0.25) is 20.1 Å². The van der Waals surface area contributed by atoms with Gasteiger partial charge in [-0.3, -0.25) is 18.7 Å². The van der Waals surface area contributed by atoms with Crippen LogP contribution < -0.4 is 33.1 Å². The number of H-pyrrole nitrogens is 2. The fourth-order valence-corrected chi connectivity index (χ4v) is 10.1. The minimum Gasteiger partial charge on any atom is -0.359 e. The number of thiocarbonyl (C=S) groups is 2. The zero-order valence-electron chi connectivity index (χ0n) is 33.3. The standard InChI is InChI=1S/C27H30Cl2N4O2S.C17H11Cl2N3O2S/c1-14-20-10-16(27(20,2)3)11-22(14)31-25(36)30-18-6-7-19-23(13-18)32-26(35)33(24(19)34)9-8-15-4-5-17(28)12-21(15)29;18-11-2-1-10(14(19)7-11)5-6-22-16(23)13-4-3-12(20-9-25)8-15(13)21-17(22)24/h4-7,12-14,16,20,22H,8-11H2,1-3H3,(H,32,35)(H2,30,31,36);1-4,7-8H,5-6H2,(H,21,24)/t14-,16+,20-,22-;/m0./s1. The predicted octanol–water partition coefficient (Wildman–Crippen LogP) is 9.57. The van der Waals surface area contributed by atoms with E-state index in [0.29, 0.717) is 82.9 Å². The maximum absolute atomic E-state index is 13.1. The van der Waals surface area contributed by atoms with E-state index in [0.717, 1.165) is 39.6 Å². The number of aliphatic imine (C=N–C) groups is 1. The largest absolute Gasteiger partial charge is 0.359 e. The normalized spacial score (nSPS) is 18.7. The van der Waals surface area contributed by atoms with Crippen molar-refractivity contribution in [2.75, 3.05) is 5.32 Å². The van der Waals surface area contributed by atoms with Gasteiger partial charge in [0.05, 0.1) is 32.7 Å². The number of isothiocyanates is 1. The molecule has 11 nitrogen and oxygen atoms in total. The highest BCUT2D eigenvalue weighted by atomic mass is 35.5. The number of aromatic nitrogens is 4. The topological polar surface area (TPSA) is 146 Å². The van der Waals surface area contributed by atoms with Crippen LogP contribution in [0, 0.1) is 23.2 Å². The number of hydrogen-bond donors (Lipinski definition) is 4. The smallest absolute Gasteiger partial charge is 0.328 e. The van der Waals surface area contributed by atoms with Crippen molar-refractivity contribution in [3.05, 3.63) is 146 Å². The third kappa shape index (κ3) is 9.59. The first kappa shape index (κ1) is 44.5. The average molecular weight is 938 g/mol. The molecule has 3 aliphatic carbocycles. The molecule has 6 aromatic rings. The first-order valence-electron chi connectivity index (χ1n) is 19.6. The molecule has 0 amide bonds. The van der Waals surface area contributed by atoms with E-state index in [1.165, 1.54) is 11.0 Å². The van der Waals surface area contributed by atoms with Gasteiger partial charge in [-0.05, 0) is 145 Å². The number of rotatable bonds is 9. The number of fused-ring (bicyclic) bond motifs is 4. The lowest BCUT2D eigenvalue weighted by Gasteiger charge is -2.62. The molecule has 0 spiro atoms. The third-order valence-corrected chi connectivity index (χ3v) is 13.8. The number of aryl methyl sites for hydroxylation is 2. The van der Waals surface area contributed by atoms with Gasteiger partial charge in [0.25, 0.3) is 11.1 Å². The van der Waals surface area contributed by atoms with Gasteiger partial charge >= 0.3 is 11.4 Å². The molecular weight excluding hydrogens is 896 g/mol. The molecule has 4 aromatic carbocycles. The van der Waals surface area contributed by atoms with Crippen LogP contribution in [0.15, 0.2) is 97.0 Å². The van der Waals surface area contributed by atoms with Crippen molar-refractivity contribution < 1.29 is 0 Å². The van der Waals surface area contributed by atoms with Crippen LogP contribution in [0.4, 0.5) is 11.4 Å². The Morgan fingerprint density at radius 3 is 1.84 bits per heavy atom.